The lowest BCUT2D eigenvalue weighted by Crippen LogP contribution is -2.37. The second-order valence-corrected chi connectivity index (χ2v) is 7.44. The topological polar surface area (TPSA) is 78.8 Å². The van der Waals surface area contributed by atoms with Crippen molar-refractivity contribution in [2.45, 2.75) is 26.4 Å². The van der Waals surface area contributed by atoms with Crippen molar-refractivity contribution in [3.63, 3.8) is 0 Å². The Balaban J connectivity index is 2.24. The van der Waals surface area contributed by atoms with Gasteiger partial charge in [0.1, 0.15) is 5.60 Å². The summed E-state index contributed by atoms with van der Waals surface area (Å²) in [4.78, 5) is 25.7. The average Bonchev–Trinajstić information content (AvgIpc) is 2.68. The van der Waals surface area contributed by atoms with Gasteiger partial charge in [0.25, 0.3) is 5.56 Å². The van der Waals surface area contributed by atoms with Crippen LogP contribution >= 0.6 is 0 Å². The second-order valence-electron chi connectivity index (χ2n) is 7.44. The Bertz CT molecular complexity index is 1100. The Morgan fingerprint density at radius 1 is 0.966 bits per heavy atom. The Hall–Kier alpha value is -3.48. The highest BCUT2D eigenvalue weighted by Gasteiger charge is 2.20. The van der Waals surface area contributed by atoms with E-state index >= 15 is 0 Å². The number of ether oxygens (including phenoxy) is 3. The molecule has 0 aliphatic carbocycles. The van der Waals surface area contributed by atoms with Gasteiger partial charge in [-0.05, 0) is 44.4 Å². The molecular weight excluding hydrogens is 372 g/mol. The maximum Gasteiger partial charge on any atom is 0.427 e. The molecule has 1 aromatic heterocycles. The van der Waals surface area contributed by atoms with E-state index in [1.165, 1.54) is 18.9 Å². The van der Waals surface area contributed by atoms with Crippen LogP contribution in [0.3, 0.4) is 0 Å². The fourth-order valence-corrected chi connectivity index (χ4v) is 2.97. The van der Waals surface area contributed by atoms with Crippen molar-refractivity contribution in [2.24, 2.45) is 0 Å². The number of aromatic nitrogens is 1. The number of hydrogen-bond acceptors (Lipinski definition) is 5. The van der Waals surface area contributed by atoms with E-state index in [1.54, 1.807) is 32.9 Å². The van der Waals surface area contributed by atoms with Crippen LogP contribution in [0.2, 0.25) is 0 Å². The maximum atomic E-state index is 13.3. The van der Waals surface area contributed by atoms with Crippen LogP contribution in [0.5, 0.6) is 11.5 Å². The summed E-state index contributed by atoms with van der Waals surface area (Å²) in [5.74, 6) is 0.935. The molecule has 7 nitrogen and oxygen atoms in total. The first kappa shape index (κ1) is 20.3. The largest absolute Gasteiger partial charge is 0.493 e. The van der Waals surface area contributed by atoms with Gasteiger partial charge in [0, 0.05) is 5.56 Å². The SMILES string of the molecule is COc1cc2cc(-c3ccccc3)n(NC(=O)OC(C)(C)C)c(=O)c2cc1OC. The van der Waals surface area contributed by atoms with E-state index in [4.69, 9.17) is 14.2 Å². The first-order valence-electron chi connectivity index (χ1n) is 9.10. The van der Waals surface area contributed by atoms with Gasteiger partial charge >= 0.3 is 6.09 Å². The molecule has 2 aromatic carbocycles. The van der Waals surface area contributed by atoms with Crippen molar-refractivity contribution >= 4 is 16.9 Å². The van der Waals surface area contributed by atoms with Crippen LogP contribution in [0.25, 0.3) is 22.0 Å². The van der Waals surface area contributed by atoms with E-state index in [0.29, 0.717) is 28.0 Å². The molecule has 0 saturated carbocycles. The summed E-state index contributed by atoms with van der Waals surface area (Å²) in [7, 11) is 3.03. The number of fused-ring (bicyclic) bond motifs is 1. The van der Waals surface area contributed by atoms with Gasteiger partial charge in [0.15, 0.2) is 11.5 Å². The summed E-state index contributed by atoms with van der Waals surface area (Å²) >= 11 is 0. The normalized spacial score (nSPS) is 11.2. The van der Waals surface area contributed by atoms with Gasteiger partial charge in [-0.1, -0.05) is 30.3 Å². The smallest absolute Gasteiger partial charge is 0.427 e. The number of carbonyl (C=O) groups is 1. The molecule has 1 heterocycles. The predicted octanol–water partition coefficient (Wildman–Crippen LogP) is 4.16. The summed E-state index contributed by atoms with van der Waals surface area (Å²) in [6, 6.07) is 14.4. The fraction of sp³-hybridized carbons (Fsp3) is 0.273. The first-order valence-corrected chi connectivity index (χ1v) is 9.10. The summed E-state index contributed by atoms with van der Waals surface area (Å²) in [5.41, 5.74) is 2.73. The van der Waals surface area contributed by atoms with Crippen LogP contribution < -0.4 is 20.5 Å². The third-order valence-corrected chi connectivity index (χ3v) is 4.19. The summed E-state index contributed by atoms with van der Waals surface area (Å²) < 4.78 is 17.2. The quantitative estimate of drug-likeness (QED) is 0.716. The average molecular weight is 396 g/mol. The zero-order chi connectivity index (χ0) is 21.2. The lowest BCUT2D eigenvalue weighted by atomic mass is 10.1. The van der Waals surface area contributed by atoms with Gasteiger partial charge < -0.3 is 14.2 Å². The number of rotatable bonds is 4. The van der Waals surface area contributed by atoms with E-state index < -0.39 is 17.3 Å². The van der Waals surface area contributed by atoms with Gasteiger partial charge in [0.05, 0.1) is 25.3 Å². The van der Waals surface area contributed by atoms with Crippen molar-refractivity contribution in [3.8, 4) is 22.8 Å². The Morgan fingerprint density at radius 3 is 2.17 bits per heavy atom. The van der Waals surface area contributed by atoms with Gasteiger partial charge in [0.2, 0.25) is 0 Å². The highest BCUT2D eigenvalue weighted by Crippen LogP contribution is 2.32. The van der Waals surface area contributed by atoms with Crippen molar-refractivity contribution in [3.05, 3.63) is 58.9 Å². The Labute approximate surface area is 168 Å². The highest BCUT2D eigenvalue weighted by atomic mass is 16.6. The number of amides is 1. The molecule has 1 amide bonds. The molecule has 1 N–H and O–H groups in total. The molecule has 0 radical (unpaired) electrons. The molecule has 0 bridgehead atoms. The third-order valence-electron chi connectivity index (χ3n) is 4.19. The summed E-state index contributed by atoms with van der Waals surface area (Å²) in [5, 5.41) is 1.03. The third kappa shape index (κ3) is 4.34. The van der Waals surface area contributed by atoms with Gasteiger partial charge in [-0.15, -0.1) is 0 Å². The molecule has 0 spiro atoms. The molecule has 152 valence electrons. The molecule has 3 aromatic rings. The lowest BCUT2D eigenvalue weighted by molar-refractivity contribution is 0.0613. The van der Waals surface area contributed by atoms with Crippen molar-refractivity contribution in [1.82, 2.24) is 4.68 Å². The summed E-state index contributed by atoms with van der Waals surface area (Å²) in [6.45, 7) is 5.26. The molecule has 0 aliphatic rings. The molecule has 29 heavy (non-hydrogen) atoms. The minimum Gasteiger partial charge on any atom is -0.493 e. The number of methoxy groups -OCH3 is 2. The highest BCUT2D eigenvalue weighted by molar-refractivity contribution is 5.89. The lowest BCUT2D eigenvalue weighted by Gasteiger charge is -2.22. The molecule has 0 atom stereocenters. The number of carbonyl (C=O) groups excluding carboxylic acids is 1. The zero-order valence-corrected chi connectivity index (χ0v) is 17.1. The van der Waals surface area contributed by atoms with E-state index in [9.17, 15) is 9.59 Å². The monoisotopic (exact) mass is 396 g/mol. The standard InChI is InChI=1S/C22H24N2O5/c1-22(2,3)29-21(26)23-24-17(14-9-7-6-8-10-14)11-15-12-18(27-4)19(28-5)13-16(15)20(24)25/h6-13H,1-5H3,(H,23,26). The minimum atomic E-state index is -0.725. The minimum absolute atomic E-state index is 0.374. The van der Waals surface area contributed by atoms with Crippen LogP contribution in [0.1, 0.15) is 20.8 Å². The summed E-state index contributed by atoms with van der Waals surface area (Å²) in [6.07, 6.45) is -0.725. The van der Waals surface area contributed by atoms with E-state index in [0.717, 1.165) is 5.56 Å². The van der Waals surface area contributed by atoms with Crippen LogP contribution in [0.4, 0.5) is 4.79 Å². The van der Waals surface area contributed by atoms with Crippen LogP contribution in [-0.2, 0) is 4.74 Å². The molecule has 0 unspecified atom stereocenters. The van der Waals surface area contributed by atoms with E-state index in [1.807, 2.05) is 36.4 Å². The Morgan fingerprint density at radius 2 is 1.59 bits per heavy atom. The van der Waals surface area contributed by atoms with Gasteiger partial charge in [-0.3, -0.25) is 4.79 Å². The number of pyridine rings is 1. The van der Waals surface area contributed by atoms with E-state index in [-0.39, 0.29) is 0 Å². The fourth-order valence-electron chi connectivity index (χ4n) is 2.97. The zero-order valence-electron chi connectivity index (χ0n) is 17.1. The van der Waals surface area contributed by atoms with Crippen molar-refractivity contribution in [1.29, 1.82) is 0 Å². The predicted molar refractivity (Wildman–Crippen MR) is 112 cm³/mol. The van der Waals surface area contributed by atoms with Crippen LogP contribution in [0.15, 0.2) is 53.3 Å². The maximum absolute atomic E-state index is 13.3. The molecule has 0 fully saturated rings. The van der Waals surface area contributed by atoms with Gasteiger partial charge in [-0.2, -0.15) is 0 Å². The van der Waals surface area contributed by atoms with Gasteiger partial charge in [-0.25, -0.2) is 14.9 Å². The molecule has 0 aliphatic heterocycles. The molecule has 3 rings (SSSR count). The van der Waals surface area contributed by atoms with Crippen LogP contribution in [0, 0.1) is 0 Å². The second kappa shape index (κ2) is 7.87. The van der Waals surface area contributed by atoms with Crippen LogP contribution in [-0.4, -0.2) is 30.6 Å². The molecule has 0 saturated heterocycles. The number of nitrogens with zero attached hydrogens (tertiary/aromatic N) is 1. The van der Waals surface area contributed by atoms with Crippen molar-refractivity contribution in [2.75, 3.05) is 19.6 Å². The Kier molecular flexibility index (Phi) is 5.50. The van der Waals surface area contributed by atoms with E-state index in [2.05, 4.69) is 5.43 Å². The molecule has 7 heteroatoms. The number of nitrogens with one attached hydrogen (secondary N) is 1. The number of hydrogen-bond donors (Lipinski definition) is 1. The first-order chi connectivity index (χ1) is 13.7. The number of benzene rings is 2. The van der Waals surface area contributed by atoms with Crippen molar-refractivity contribution < 1.29 is 19.0 Å². The molecular formula is C22H24N2O5.